The molecule has 3 heterocycles. The Hall–Kier alpha value is -0.810. The number of anilines is 1. The van der Waals surface area contributed by atoms with Crippen molar-refractivity contribution in [2.24, 2.45) is 0 Å². The number of hydrogen-bond acceptors (Lipinski definition) is 5. The predicted octanol–water partition coefficient (Wildman–Crippen LogP) is 1.60. The third-order valence-electron chi connectivity index (χ3n) is 3.27. The maximum absolute atomic E-state index is 4.57. The summed E-state index contributed by atoms with van der Waals surface area (Å²) < 4.78 is 0. The third kappa shape index (κ3) is 2.40. The molecule has 1 aromatic heterocycles. The van der Waals surface area contributed by atoms with Gasteiger partial charge in [-0.1, -0.05) is 0 Å². The van der Waals surface area contributed by atoms with E-state index < -0.39 is 0 Å². The van der Waals surface area contributed by atoms with Gasteiger partial charge in [-0.3, -0.25) is 0 Å². The van der Waals surface area contributed by atoms with Crippen LogP contribution in [0.15, 0.2) is 4.90 Å². The van der Waals surface area contributed by atoms with E-state index in [1.54, 1.807) is 0 Å². The molecule has 0 aromatic carbocycles. The van der Waals surface area contributed by atoms with Crippen molar-refractivity contribution in [2.45, 2.75) is 37.1 Å². The van der Waals surface area contributed by atoms with E-state index in [1.165, 1.54) is 23.4 Å². The van der Waals surface area contributed by atoms with Gasteiger partial charge in [0.2, 0.25) is 0 Å². The van der Waals surface area contributed by atoms with Crippen molar-refractivity contribution in [3.63, 3.8) is 0 Å². The van der Waals surface area contributed by atoms with Crippen LogP contribution < -0.4 is 10.6 Å². The molecule has 0 saturated carbocycles. The Morgan fingerprint density at radius 2 is 2.35 bits per heavy atom. The van der Waals surface area contributed by atoms with Gasteiger partial charge in [0.1, 0.15) is 11.6 Å². The summed E-state index contributed by atoms with van der Waals surface area (Å²) in [6, 6.07) is 0.517. The number of fused-ring (bicyclic) bond motifs is 1. The van der Waals surface area contributed by atoms with E-state index in [-0.39, 0.29) is 0 Å². The number of aromatic nitrogens is 2. The number of nitrogens with zero attached hydrogens (tertiary/aromatic N) is 2. The molecule has 4 nitrogen and oxygen atoms in total. The number of thioether (sulfide) groups is 1. The van der Waals surface area contributed by atoms with Gasteiger partial charge >= 0.3 is 0 Å². The van der Waals surface area contributed by atoms with Crippen LogP contribution in [0.4, 0.5) is 5.82 Å². The molecule has 1 aromatic rings. The number of aryl methyl sites for hydroxylation is 2. The van der Waals surface area contributed by atoms with Crippen LogP contribution in [0.2, 0.25) is 0 Å². The largest absolute Gasteiger partial charge is 0.365 e. The molecular weight excluding hydrogens is 232 g/mol. The number of nitrogens with one attached hydrogen (secondary N) is 2. The van der Waals surface area contributed by atoms with Crippen molar-refractivity contribution in [1.29, 1.82) is 0 Å². The first-order chi connectivity index (χ1) is 8.33. The van der Waals surface area contributed by atoms with Gasteiger partial charge < -0.3 is 10.6 Å². The molecule has 1 saturated heterocycles. The first kappa shape index (κ1) is 11.3. The van der Waals surface area contributed by atoms with E-state index >= 15 is 0 Å². The highest BCUT2D eigenvalue weighted by Crippen LogP contribution is 2.35. The molecule has 0 aliphatic carbocycles. The van der Waals surface area contributed by atoms with Crippen molar-refractivity contribution in [2.75, 3.05) is 24.2 Å². The Labute approximate surface area is 106 Å². The van der Waals surface area contributed by atoms with Gasteiger partial charge in [0.05, 0.1) is 10.6 Å². The number of rotatable bonds is 2. The molecule has 1 unspecified atom stereocenters. The van der Waals surface area contributed by atoms with E-state index in [0.29, 0.717) is 6.04 Å². The summed E-state index contributed by atoms with van der Waals surface area (Å²) in [6.07, 6.45) is 3.56. The van der Waals surface area contributed by atoms with Crippen molar-refractivity contribution >= 4 is 17.6 Å². The molecule has 0 radical (unpaired) electrons. The number of hydrogen-bond donors (Lipinski definition) is 2. The van der Waals surface area contributed by atoms with Gasteiger partial charge in [-0.05, 0) is 26.3 Å². The highest BCUT2D eigenvalue weighted by atomic mass is 32.2. The van der Waals surface area contributed by atoms with Crippen LogP contribution in [0.3, 0.4) is 0 Å². The van der Waals surface area contributed by atoms with E-state index in [2.05, 4.69) is 20.6 Å². The van der Waals surface area contributed by atoms with Crippen LogP contribution in [0.1, 0.15) is 24.4 Å². The molecule has 1 atom stereocenters. The molecule has 2 aliphatic rings. The summed E-state index contributed by atoms with van der Waals surface area (Å²) in [4.78, 5) is 10.4. The van der Waals surface area contributed by atoms with E-state index in [4.69, 9.17) is 0 Å². The van der Waals surface area contributed by atoms with E-state index in [0.717, 1.165) is 36.9 Å². The zero-order valence-electron chi connectivity index (χ0n) is 10.1. The molecule has 0 spiro atoms. The van der Waals surface area contributed by atoms with Gasteiger partial charge in [-0.2, -0.15) is 0 Å². The van der Waals surface area contributed by atoms with Crippen molar-refractivity contribution < 1.29 is 0 Å². The van der Waals surface area contributed by atoms with Crippen LogP contribution in [-0.4, -0.2) is 34.9 Å². The van der Waals surface area contributed by atoms with Gasteiger partial charge in [-0.15, -0.1) is 11.8 Å². The standard InChI is InChI=1S/C12H18N4S/c1-8-14-10-4-6-17-11(10)12(15-8)16-9-3-2-5-13-7-9/h9,13H,2-7H2,1H3,(H,14,15,16). The van der Waals surface area contributed by atoms with Gasteiger partial charge in [0, 0.05) is 24.8 Å². The normalized spacial score (nSPS) is 23.5. The van der Waals surface area contributed by atoms with Gasteiger partial charge in [-0.25, -0.2) is 9.97 Å². The average Bonchev–Trinajstić information content (AvgIpc) is 2.78. The summed E-state index contributed by atoms with van der Waals surface area (Å²) in [5.74, 6) is 3.09. The maximum Gasteiger partial charge on any atom is 0.143 e. The highest BCUT2D eigenvalue weighted by Gasteiger charge is 2.21. The summed E-state index contributed by atoms with van der Waals surface area (Å²) in [7, 11) is 0. The lowest BCUT2D eigenvalue weighted by Gasteiger charge is -2.25. The minimum Gasteiger partial charge on any atom is -0.365 e. The maximum atomic E-state index is 4.57. The highest BCUT2D eigenvalue weighted by molar-refractivity contribution is 7.99. The molecule has 5 heteroatoms. The topological polar surface area (TPSA) is 49.8 Å². The lowest BCUT2D eigenvalue weighted by molar-refractivity contribution is 0.478. The molecule has 0 bridgehead atoms. The first-order valence-electron chi connectivity index (χ1n) is 6.30. The minimum atomic E-state index is 0.517. The second kappa shape index (κ2) is 4.82. The third-order valence-corrected chi connectivity index (χ3v) is 4.40. The van der Waals surface area contributed by atoms with Crippen molar-refractivity contribution in [3.8, 4) is 0 Å². The number of piperidine rings is 1. The van der Waals surface area contributed by atoms with Crippen LogP contribution in [-0.2, 0) is 6.42 Å². The van der Waals surface area contributed by atoms with Crippen molar-refractivity contribution in [1.82, 2.24) is 15.3 Å². The summed E-state index contributed by atoms with van der Waals surface area (Å²) in [5, 5.41) is 7.01. The SMILES string of the molecule is Cc1nc2c(c(NC3CCCNC3)n1)SCC2. The van der Waals surface area contributed by atoms with Gasteiger partial charge in [0.25, 0.3) is 0 Å². The minimum absolute atomic E-state index is 0.517. The fourth-order valence-corrected chi connectivity index (χ4v) is 3.51. The quantitative estimate of drug-likeness (QED) is 0.835. The second-order valence-electron chi connectivity index (χ2n) is 4.68. The molecule has 3 rings (SSSR count). The monoisotopic (exact) mass is 250 g/mol. The average molecular weight is 250 g/mol. The van der Waals surface area contributed by atoms with Crippen molar-refractivity contribution in [3.05, 3.63) is 11.5 Å². The molecule has 2 aliphatic heterocycles. The molecule has 17 heavy (non-hydrogen) atoms. The second-order valence-corrected chi connectivity index (χ2v) is 5.79. The summed E-state index contributed by atoms with van der Waals surface area (Å²) >= 11 is 1.88. The van der Waals surface area contributed by atoms with E-state index in [1.807, 2.05) is 18.7 Å². The molecule has 1 fully saturated rings. The lowest BCUT2D eigenvalue weighted by atomic mass is 10.1. The van der Waals surface area contributed by atoms with Crippen LogP contribution in [0.25, 0.3) is 0 Å². The lowest BCUT2D eigenvalue weighted by Crippen LogP contribution is -2.38. The van der Waals surface area contributed by atoms with E-state index in [9.17, 15) is 0 Å². The van der Waals surface area contributed by atoms with Crippen LogP contribution >= 0.6 is 11.8 Å². The Balaban J connectivity index is 1.82. The zero-order valence-corrected chi connectivity index (χ0v) is 10.9. The van der Waals surface area contributed by atoms with Crippen LogP contribution in [0, 0.1) is 6.92 Å². The fraction of sp³-hybridized carbons (Fsp3) is 0.667. The van der Waals surface area contributed by atoms with Crippen LogP contribution in [0.5, 0.6) is 0 Å². The molecule has 2 N–H and O–H groups in total. The first-order valence-corrected chi connectivity index (χ1v) is 7.29. The summed E-state index contributed by atoms with van der Waals surface area (Å²) in [6.45, 7) is 4.17. The summed E-state index contributed by atoms with van der Waals surface area (Å²) in [5.41, 5.74) is 1.23. The Kier molecular flexibility index (Phi) is 3.20. The predicted molar refractivity (Wildman–Crippen MR) is 70.7 cm³/mol. The molecular formula is C12H18N4S. The smallest absolute Gasteiger partial charge is 0.143 e. The van der Waals surface area contributed by atoms with Gasteiger partial charge in [0.15, 0.2) is 0 Å². The Morgan fingerprint density at radius 3 is 3.18 bits per heavy atom. The Bertz CT molecular complexity index is 415. The molecule has 92 valence electrons. The molecule has 0 amide bonds. The fourth-order valence-electron chi connectivity index (χ4n) is 2.46. The zero-order chi connectivity index (χ0) is 11.7. The Morgan fingerprint density at radius 1 is 1.41 bits per heavy atom.